The first-order valence-electron chi connectivity index (χ1n) is 7.98. The van der Waals surface area contributed by atoms with Crippen LogP contribution in [-0.2, 0) is 9.53 Å². The Morgan fingerprint density at radius 1 is 1.24 bits per heavy atom. The van der Waals surface area contributed by atoms with Crippen LogP contribution in [0.1, 0.15) is 22.7 Å². The van der Waals surface area contributed by atoms with E-state index >= 15 is 0 Å². The van der Waals surface area contributed by atoms with E-state index in [1.54, 1.807) is 13.2 Å². The molecule has 1 aliphatic rings. The van der Waals surface area contributed by atoms with Crippen molar-refractivity contribution in [1.29, 1.82) is 0 Å². The van der Waals surface area contributed by atoms with Gasteiger partial charge in [0, 0.05) is 6.08 Å². The standard InChI is InChI=1S/C20H19NO4/c1-14-12-17(24-2)10-8-15(14)9-11-19(22)21-18(13-25-20(21)23)16-6-4-3-5-7-16/h3-12,18H,13H2,1-2H3/b11-9+. The van der Waals surface area contributed by atoms with Gasteiger partial charge in [0.2, 0.25) is 0 Å². The van der Waals surface area contributed by atoms with Crippen molar-refractivity contribution in [3.63, 3.8) is 0 Å². The molecule has 0 bridgehead atoms. The first-order valence-corrected chi connectivity index (χ1v) is 7.98. The zero-order chi connectivity index (χ0) is 17.8. The highest BCUT2D eigenvalue weighted by Gasteiger charge is 2.37. The molecule has 5 nitrogen and oxygen atoms in total. The summed E-state index contributed by atoms with van der Waals surface area (Å²) in [5.41, 5.74) is 2.74. The zero-order valence-electron chi connectivity index (χ0n) is 14.1. The van der Waals surface area contributed by atoms with Gasteiger partial charge >= 0.3 is 6.09 Å². The number of nitrogens with zero attached hydrogens (tertiary/aromatic N) is 1. The summed E-state index contributed by atoms with van der Waals surface area (Å²) in [5, 5.41) is 0. The predicted octanol–water partition coefficient (Wildman–Crippen LogP) is 3.74. The van der Waals surface area contributed by atoms with Gasteiger partial charge < -0.3 is 9.47 Å². The van der Waals surface area contributed by atoms with Gasteiger partial charge in [0.25, 0.3) is 5.91 Å². The third-order valence-electron chi connectivity index (χ3n) is 4.18. The van der Waals surface area contributed by atoms with Crippen LogP contribution in [0.5, 0.6) is 5.75 Å². The van der Waals surface area contributed by atoms with Crippen LogP contribution in [-0.4, -0.2) is 30.6 Å². The summed E-state index contributed by atoms with van der Waals surface area (Å²) >= 11 is 0. The molecule has 0 radical (unpaired) electrons. The Bertz CT molecular complexity index is 814. The molecular weight excluding hydrogens is 318 g/mol. The van der Waals surface area contributed by atoms with Crippen LogP contribution >= 0.6 is 0 Å². The molecule has 1 saturated heterocycles. The van der Waals surface area contributed by atoms with Crippen LogP contribution in [0.3, 0.4) is 0 Å². The van der Waals surface area contributed by atoms with E-state index in [4.69, 9.17) is 9.47 Å². The highest BCUT2D eigenvalue weighted by atomic mass is 16.6. The normalized spacial score (nSPS) is 17.0. The molecule has 0 N–H and O–H groups in total. The topological polar surface area (TPSA) is 55.8 Å². The second kappa shape index (κ2) is 7.21. The van der Waals surface area contributed by atoms with Crippen LogP contribution in [0.4, 0.5) is 4.79 Å². The third-order valence-corrected chi connectivity index (χ3v) is 4.18. The summed E-state index contributed by atoms with van der Waals surface area (Å²) in [4.78, 5) is 25.7. The molecule has 1 fully saturated rings. The Hall–Kier alpha value is -3.08. The Labute approximate surface area is 146 Å². The third kappa shape index (κ3) is 3.55. The second-order valence-corrected chi connectivity index (χ2v) is 5.77. The minimum Gasteiger partial charge on any atom is -0.497 e. The van der Waals surface area contributed by atoms with Gasteiger partial charge in [0.1, 0.15) is 18.4 Å². The number of aryl methyl sites for hydroxylation is 1. The molecule has 2 aromatic rings. The molecular formula is C20H19NO4. The molecule has 3 rings (SSSR count). The van der Waals surface area contributed by atoms with Crippen molar-refractivity contribution in [3.8, 4) is 5.75 Å². The van der Waals surface area contributed by atoms with Crippen molar-refractivity contribution in [1.82, 2.24) is 4.90 Å². The van der Waals surface area contributed by atoms with E-state index in [2.05, 4.69) is 0 Å². The average Bonchev–Trinajstić information content (AvgIpc) is 3.02. The Morgan fingerprint density at radius 2 is 2.00 bits per heavy atom. The molecule has 25 heavy (non-hydrogen) atoms. The number of hydrogen-bond acceptors (Lipinski definition) is 4. The molecule has 0 spiro atoms. The van der Waals surface area contributed by atoms with E-state index in [-0.39, 0.29) is 6.61 Å². The van der Waals surface area contributed by atoms with Gasteiger partial charge in [-0.25, -0.2) is 9.69 Å². The summed E-state index contributed by atoms with van der Waals surface area (Å²) in [6.45, 7) is 2.10. The van der Waals surface area contributed by atoms with E-state index in [1.165, 1.54) is 6.08 Å². The largest absolute Gasteiger partial charge is 0.497 e. The minimum absolute atomic E-state index is 0.171. The van der Waals surface area contributed by atoms with Crippen LogP contribution < -0.4 is 4.74 Å². The van der Waals surface area contributed by atoms with Gasteiger partial charge in [-0.2, -0.15) is 0 Å². The maximum Gasteiger partial charge on any atom is 0.417 e. The van der Waals surface area contributed by atoms with Crippen molar-refractivity contribution < 1.29 is 19.1 Å². The van der Waals surface area contributed by atoms with Gasteiger partial charge in [-0.3, -0.25) is 4.79 Å². The lowest BCUT2D eigenvalue weighted by Crippen LogP contribution is -2.32. The van der Waals surface area contributed by atoms with Crippen LogP contribution in [0.2, 0.25) is 0 Å². The summed E-state index contributed by atoms with van der Waals surface area (Å²) in [7, 11) is 1.61. The molecule has 1 heterocycles. The van der Waals surface area contributed by atoms with Crippen LogP contribution in [0.25, 0.3) is 6.08 Å². The fourth-order valence-electron chi connectivity index (χ4n) is 2.79. The number of rotatable bonds is 4. The van der Waals surface area contributed by atoms with E-state index < -0.39 is 18.0 Å². The monoisotopic (exact) mass is 337 g/mol. The quantitative estimate of drug-likeness (QED) is 0.798. The second-order valence-electron chi connectivity index (χ2n) is 5.77. The fourth-order valence-corrected chi connectivity index (χ4v) is 2.79. The molecule has 1 unspecified atom stereocenters. The smallest absolute Gasteiger partial charge is 0.417 e. The Balaban J connectivity index is 1.80. The molecule has 1 aliphatic heterocycles. The summed E-state index contributed by atoms with van der Waals surface area (Å²) < 4.78 is 10.2. The highest BCUT2D eigenvalue weighted by Crippen LogP contribution is 2.28. The van der Waals surface area contributed by atoms with Gasteiger partial charge in [-0.1, -0.05) is 36.4 Å². The number of hydrogen-bond donors (Lipinski definition) is 0. The predicted molar refractivity (Wildman–Crippen MR) is 94.1 cm³/mol. The Kier molecular flexibility index (Phi) is 4.84. The molecule has 2 amide bonds. The van der Waals surface area contributed by atoms with E-state index in [9.17, 15) is 9.59 Å². The molecule has 0 aromatic heterocycles. The molecule has 0 saturated carbocycles. The van der Waals surface area contributed by atoms with Crippen LogP contribution in [0.15, 0.2) is 54.6 Å². The maximum absolute atomic E-state index is 12.6. The lowest BCUT2D eigenvalue weighted by molar-refractivity contribution is -0.124. The number of imide groups is 1. The van der Waals surface area contributed by atoms with Crippen molar-refractivity contribution in [2.24, 2.45) is 0 Å². The van der Waals surface area contributed by atoms with Crippen molar-refractivity contribution >= 4 is 18.1 Å². The van der Waals surface area contributed by atoms with Crippen molar-refractivity contribution in [2.45, 2.75) is 13.0 Å². The van der Waals surface area contributed by atoms with Gasteiger partial charge in [0.15, 0.2) is 0 Å². The number of amides is 2. The number of methoxy groups -OCH3 is 1. The lowest BCUT2D eigenvalue weighted by Gasteiger charge is -2.18. The summed E-state index contributed by atoms with van der Waals surface area (Å²) in [5.74, 6) is 0.361. The molecule has 0 aliphatic carbocycles. The summed E-state index contributed by atoms with van der Waals surface area (Å²) in [6.07, 6.45) is 2.48. The number of carbonyl (C=O) groups excluding carboxylic acids is 2. The fraction of sp³-hybridized carbons (Fsp3) is 0.200. The van der Waals surface area contributed by atoms with E-state index in [0.717, 1.165) is 27.3 Å². The number of ether oxygens (including phenoxy) is 2. The number of cyclic esters (lactones) is 1. The number of benzene rings is 2. The highest BCUT2D eigenvalue weighted by molar-refractivity contribution is 6.02. The lowest BCUT2D eigenvalue weighted by atomic mass is 10.1. The van der Waals surface area contributed by atoms with Crippen molar-refractivity contribution in [3.05, 3.63) is 71.3 Å². The van der Waals surface area contributed by atoms with E-state index in [0.29, 0.717) is 0 Å². The van der Waals surface area contributed by atoms with Gasteiger partial charge in [-0.05, 0) is 41.8 Å². The zero-order valence-corrected chi connectivity index (χ0v) is 14.1. The Morgan fingerprint density at radius 3 is 2.68 bits per heavy atom. The molecule has 1 atom stereocenters. The first-order chi connectivity index (χ1) is 12.1. The number of carbonyl (C=O) groups is 2. The summed E-state index contributed by atoms with van der Waals surface area (Å²) in [6, 6.07) is 14.6. The molecule has 128 valence electrons. The minimum atomic E-state index is -0.616. The van der Waals surface area contributed by atoms with Crippen LogP contribution in [0, 0.1) is 6.92 Å². The van der Waals surface area contributed by atoms with Gasteiger partial charge in [-0.15, -0.1) is 0 Å². The van der Waals surface area contributed by atoms with Crippen molar-refractivity contribution in [2.75, 3.05) is 13.7 Å². The van der Waals surface area contributed by atoms with Gasteiger partial charge in [0.05, 0.1) is 7.11 Å². The SMILES string of the molecule is COc1ccc(/C=C/C(=O)N2C(=O)OCC2c2ccccc2)c(C)c1. The maximum atomic E-state index is 12.6. The van der Waals surface area contributed by atoms with E-state index in [1.807, 2.05) is 55.5 Å². The first kappa shape index (κ1) is 16.8. The molecule has 2 aromatic carbocycles. The molecule has 5 heteroatoms. The average molecular weight is 337 g/mol.